The van der Waals surface area contributed by atoms with Crippen LogP contribution in [0.15, 0.2) is 36.4 Å². The van der Waals surface area contributed by atoms with Crippen molar-refractivity contribution in [3.05, 3.63) is 64.2 Å². The lowest BCUT2D eigenvalue weighted by atomic mass is 10.1. The fraction of sp³-hybridized carbons (Fsp3) is 0.263. The van der Waals surface area contributed by atoms with E-state index < -0.39 is 0 Å². The molecular formula is C19H21NO. The second kappa shape index (κ2) is 6.97. The van der Waals surface area contributed by atoms with E-state index >= 15 is 0 Å². The number of hydrogen-bond donors (Lipinski definition) is 1. The molecule has 0 heterocycles. The van der Waals surface area contributed by atoms with Gasteiger partial charge in [0.25, 0.3) is 0 Å². The van der Waals surface area contributed by atoms with E-state index in [0.29, 0.717) is 13.2 Å². The second-order valence-electron chi connectivity index (χ2n) is 5.16. The SMILES string of the molecule is Cc1cc(C)c(C)c(OCc2ccccc2C#CCN)c1. The van der Waals surface area contributed by atoms with Crippen LogP contribution in [0.25, 0.3) is 0 Å². The molecule has 0 aliphatic carbocycles. The zero-order valence-corrected chi connectivity index (χ0v) is 12.9. The van der Waals surface area contributed by atoms with Crippen LogP contribution in [-0.2, 0) is 6.61 Å². The first-order valence-electron chi connectivity index (χ1n) is 7.09. The summed E-state index contributed by atoms with van der Waals surface area (Å²) < 4.78 is 6.01. The van der Waals surface area contributed by atoms with Crippen molar-refractivity contribution in [3.8, 4) is 17.6 Å². The summed E-state index contributed by atoms with van der Waals surface area (Å²) in [5.74, 6) is 6.93. The third kappa shape index (κ3) is 3.87. The summed E-state index contributed by atoms with van der Waals surface area (Å²) in [6, 6.07) is 12.3. The topological polar surface area (TPSA) is 35.2 Å². The van der Waals surface area contributed by atoms with Crippen molar-refractivity contribution in [2.45, 2.75) is 27.4 Å². The van der Waals surface area contributed by atoms with Crippen LogP contribution in [0.1, 0.15) is 27.8 Å². The maximum absolute atomic E-state index is 6.01. The summed E-state index contributed by atoms with van der Waals surface area (Å²) >= 11 is 0. The van der Waals surface area contributed by atoms with Gasteiger partial charge in [0.2, 0.25) is 0 Å². The van der Waals surface area contributed by atoms with Gasteiger partial charge in [-0.1, -0.05) is 36.1 Å². The van der Waals surface area contributed by atoms with Gasteiger partial charge < -0.3 is 10.5 Å². The van der Waals surface area contributed by atoms with Crippen molar-refractivity contribution < 1.29 is 4.74 Å². The average Bonchev–Trinajstić information content (AvgIpc) is 2.48. The van der Waals surface area contributed by atoms with Gasteiger partial charge in [0, 0.05) is 11.1 Å². The molecule has 2 aromatic carbocycles. The maximum Gasteiger partial charge on any atom is 0.123 e. The monoisotopic (exact) mass is 279 g/mol. The Balaban J connectivity index is 2.21. The Bertz CT molecular complexity index is 692. The highest BCUT2D eigenvalue weighted by atomic mass is 16.5. The smallest absolute Gasteiger partial charge is 0.123 e. The quantitative estimate of drug-likeness (QED) is 0.873. The molecule has 21 heavy (non-hydrogen) atoms. The lowest BCUT2D eigenvalue weighted by molar-refractivity contribution is 0.303. The molecule has 2 N–H and O–H groups in total. The molecule has 0 saturated carbocycles. The fourth-order valence-electron chi connectivity index (χ4n) is 2.22. The highest BCUT2D eigenvalue weighted by molar-refractivity contribution is 5.44. The maximum atomic E-state index is 6.01. The van der Waals surface area contributed by atoms with Crippen molar-refractivity contribution >= 4 is 0 Å². The Morgan fingerprint density at radius 2 is 1.86 bits per heavy atom. The first kappa shape index (κ1) is 15.2. The third-order valence-electron chi connectivity index (χ3n) is 3.49. The molecule has 2 aromatic rings. The summed E-state index contributed by atoms with van der Waals surface area (Å²) in [6.07, 6.45) is 0. The second-order valence-corrected chi connectivity index (χ2v) is 5.16. The van der Waals surface area contributed by atoms with E-state index in [1.165, 1.54) is 16.7 Å². The van der Waals surface area contributed by atoms with Crippen LogP contribution in [0, 0.1) is 32.6 Å². The molecule has 0 aromatic heterocycles. The zero-order valence-electron chi connectivity index (χ0n) is 12.9. The number of benzene rings is 2. The van der Waals surface area contributed by atoms with Crippen molar-refractivity contribution in [1.29, 1.82) is 0 Å². The standard InChI is InChI=1S/C19H21NO/c1-14-11-15(2)16(3)19(12-14)21-13-18-8-5-4-7-17(18)9-6-10-20/h4-5,7-8,11-12H,10,13,20H2,1-3H3. The molecule has 2 nitrogen and oxygen atoms in total. The number of rotatable bonds is 3. The molecule has 0 radical (unpaired) electrons. The molecule has 2 rings (SSSR count). The average molecular weight is 279 g/mol. The van der Waals surface area contributed by atoms with Crippen LogP contribution >= 0.6 is 0 Å². The van der Waals surface area contributed by atoms with Gasteiger partial charge in [0.1, 0.15) is 12.4 Å². The van der Waals surface area contributed by atoms with Crippen molar-refractivity contribution in [2.24, 2.45) is 5.73 Å². The van der Waals surface area contributed by atoms with Crippen LogP contribution in [0.3, 0.4) is 0 Å². The molecule has 2 heteroatoms. The summed E-state index contributed by atoms with van der Waals surface area (Å²) in [7, 11) is 0. The molecule has 108 valence electrons. The predicted octanol–water partition coefficient (Wildman–Crippen LogP) is 3.50. The van der Waals surface area contributed by atoms with Crippen molar-refractivity contribution in [2.75, 3.05) is 6.54 Å². The first-order valence-corrected chi connectivity index (χ1v) is 7.09. The normalized spacial score (nSPS) is 9.90. The van der Waals surface area contributed by atoms with Crippen LogP contribution < -0.4 is 10.5 Å². The lowest BCUT2D eigenvalue weighted by Gasteiger charge is -2.13. The summed E-state index contributed by atoms with van der Waals surface area (Å²) in [5.41, 5.74) is 11.1. The minimum absolute atomic E-state index is 0.366. The van der Waals surface area contributed by atoms with E-state index in [1.54, 1.807) is 0 Å². The van der Waals surface area contributed by atoms with E-state index in [-0.39, 0.29) is 0 Å². The van der Waals surface area contributed by atoms with Crippen molar-refractivity contribution in [1.82, 2.24) is 0 Å². The van der Waals surface area contributed by atoms with E-state index in [0.717, 1.165) is 16.9 Å². The minimum atomic E-state index is 0.366. The molecule has 0 fully saturated rings. The fourth-order valence-corrected chi connectivity index (χ4v) is 2.22. The summed E-state index contributed by atoms with van der Waals surface area (Å²) in [6.45, 7) is 7.16. The van der Waals surface area contributed by atoms with Gasteiger partial charge in [-0.3, -0.25) is 0 Å². The third-order valence-corrected chi connectivity index (χ3v) is 3.49. The minimum Gasteiger partial charge on any atom is -0.489 e. The number of nitrogens with two attached hydrogens (primary N) is 1. The van der Waals surface area contributed by atoms with Gasteiger partial charge in [-0.15, -0.1) is 0 Å². The summed E-state index contributed by atoms with van der Waals surface area (Å²) in [5, 5.41) is 0. The van der Waals surface area contributed by atoms with Crippen LogP contribution in [-0.4, -0.2) is 6.54 Å². The van der Waals surface area contributed by atoms with Gasteiger partial charge in [0.05, 0.1) is 6.54 Å². The molecular weight excluding hydrogens is 258 g/mol. The van der Waals surface area contributed by atoms with Crippen LogP contribution in [0.4, 0.5) is 0 Å². The van der Waals surface area contributed by atoms with Crippen LogP contribution in [0.2, 0.25) is 0 Å². The van der Waals surface area contributed by atoms with Crippen LogP contribution in [0.5, 0.6) is 5.75 Å². The van der Waals surface area contributed by atoms with Gasteiger partial charge in [-0.25, -0.2) is 0 Å². The molecule has 0 atom stereocenters. The molecule has 0 spiro atoms. The van der Waals surface area contributed by atoms with Gasteiger partial charge in [-0.2, -0.15) is 0 Å². The Kier molecular flexibility index (Phi) is 5.03. The van der Waals surface area contributed by atoms with E-state index in [9.17, 15) is 0 Å². The van der Waals surface area contributed by atoms with E-state index in [1.807, 2.05) is 24.3 Å². The van der Waals surface area contributed by atoms with E-state index in [2.05, 4.69) is 44.7 Å². The number of aryl methyl sites for hydroxylation is 2. The molecule has 0 bridgehead atoms. The lowest BCUT2D eigenvalue weighted by Crippen LogP contribution is -2.01. The predicted molar refractivity (Wildman–Crippen MR) is 87.4 cm³/mol. The Morgan fingerprint density at radius 3 is 2.62 bits per heavy atom. The van der Waals surface area contributed by atoms with E-state index in [4.69, 9.17) is 10.5 Å². The molecule has 0 saturated heterocycles. The van der Waals surface area contributed by atoms with Gasteiger partial charge in [-0.05, 0) is 49.6 Å². The largest absolute Gasteiger partial charge is 0.489 e. The molecule has 0 unspecified atom stereocenters. The molecule has 0 aliphatic rings. The Hall–Kier alpha value is -2.24. The van der Waals surface area contributed by atoms with Gasteiger partial charge in [0.15, 0.2) is 0 Å². The highest BCUT2D eigenvalue weighted by Crippen LogP contribution is 2.24. The first-order chi connectivity index (χ1) is 10.1. The van der Waals surface area contributed by atoms with Crippen molar-refractivity contribution in [3.63, 3.8) is 0 Å². The van der Waals surface area contributed by atoms with Gasteiger partial charge >= 0.3 is 0 Å². The Labute approximate surface area is 126 Å². The molecule has 0 aliphatic heterocycles. The molecule has 0 amide bonds. The number of hydrogen-bond acceptors (Lipinski definition) is 2. The Morgan fingerprint density at radius 1 is 1.10 bits per heavy atom. The zero-order chi connectivity index (χ0) is 15.2. The number of ether oxygens (including phenoxy) is 1. The summed E-state index contributed by atoms with van der Waals surface area (Å²) in [4.78, 5) is 0. The highest BCUT2D eigenvalue weighted by Gasteiger charge is 2.06.